The largest absolute Gasteiger partial charge is 0.415 e. The lowest BCUT2D eigenvalue weighted by molar-refractivity contribution is -0.202. The molecule has 3 saturated heterocycles. The van der Waals surface area contributed by atoms with E-state index < -0.39 is 19.9 Å². The molecule has 1 N–H and O–H groups in total. The fraction of sp³-hybridized carbons (Fsp3) is 0.590. The van der Waals surface area contributed by atoms with Crippen molar-refractivity contribution in [2.24, 2.45) is 0 Å². The van der Waals surface area contributed by atoms with Crippen molar-refractivity contribution in [3.05, 3.63) is 94.8 Å². The van der Waals surface area contributed by atoms with Gasteiger partial charge in [-0.1, -0.05) is 81.4 Å². The van der Waals surface area contributed by atoms with E-state index >= 15 is 0 Å². The molecule has 7 rings (SSSR count). The van der Waals surface area contributed by atoms with Crippen LogP contribution in [0.1, 0.15) is 68.6 Å². The van der Waals surface area contributed by atoms with Gasteiger partial charge >= 0.3 is 0 Å². The molecule has 4 unspecified atom stereocenters. The van der Waals surface area contributed by atoms with Crippen molar-refractivity contribution in [1.29, 1.82) is 0 Å². The maximum absolute atomic E-state index is 6.78. The summed E-state index contributed by atoms with van der Waals surface area (Å²) in [6, 6.07) is 20.4. The summed E-state index contributed by atoms with van der Waals surface area (Å²) in [6.45, 7) is 20.1. The second-order valence-electron chi connectivity index (χ2n) is 16.1. The fourth-order valence-corrected chi connectivity index (χ4v) is 8.49. The van der Waals surface area contributed by atoms with Crippen molar-refractivity contribution in [2.75, 3.05) is 33.1 Å². The minimum atomic E-state index is -1.99. The van der Waals surface area contributed by atoms with E-state index in [-0.39, 0.29) is 29.3 Å². The Bertz CT molecular complexity index is 1590. The molecule has 50 heavy (non-hydrogen) atoms. The van der Waals surface area contributed by atoms with Gasteiger partial charge in [0, 0.05) is 12.7 Å². The summed E-state index contributed by atoms with van der Waals surface area (Å²) in [5.41, 5.74) is 5.57. The van der Waals surface area contributed by atoms with Crippen LogP contribution in [0.25, 0.3) is 0 Å². The molecule has 4 atom stereocenters. The number of rotatable bonds is 12. The predicted octanol–water partition coefficient (Wildman–Crippen LogP) is 6.41. The minimum absolute atomic E-state index is 0.0314. The van der Waals surface area contributed by atoms with Gasteiger partial charge in [-0.05, 0) is 54.2 Å². The van der Waals surface area contributed by atoms with E-state index in [1.165, 1.54) is 0 Å². The number of nitrogens with zero attached hydrogens (tertiary/aromatic N) is 2. The minimum Gasteiger partial charge on any atom is -0.415 e. The van der Waals surface area contributed by atoms with Crippen molar-refractivity contribution in [3.8, 4) is 0 Å². The molecule has 2 aromatic carbocycles. The molecular weight excluding hydrogens is 651 g/mol. The van der Waals surface area contributed by atoms with Crippen LogP contribution in [0.5, 0.6) is 0 Å². The van der Waals surface area contributed by atoms with E-state index in [2.05, 4.69) is 79.1 Å². The molecule has 0 amide bonds. The number of hydrogen-bond acceptors (Lipinski definition) is 9. The van der Waals surface area contributed by atoms with E-state index in [0.29, 0.717) is 59.6 Å². The molecule has 10 nitrogen and oxygen atoms in total. The van der Waals surface area contributed by atoms with Crippen LogP contribution in [-0.4, -0.2) is 74.9 Å². The zero-order valence-electron chi connectivity index (χ0n) is 30.8. The van der Waals surface area contributed by atoms with E-state index in [9.17, 15) is 0 Å². The van der Waals surface area contributed by atoms with Crippen LogP contribution in [0.2, 0.25) is 18.1 Å². The Labute approximate surface area is 298 Å². The maximum Gasteiger partial charge on any atom is 0.224 e. The van der Waals surface area contributed by atoms with E-state index in [1.807, 2.05) is 50.2 Å². The summed E-state index contributed by atoms with van der Waals surface area (Å²) in [5.74, 6) is -1.64. The Kier molecular flexibility index (Phi) is 10.2. The molecular formula is C39H55N3O7Si. The molecule has 3 fully saturated rings. The first-order valence-corrected chi connectivity index (χ1v) is 21.0. The van der Waals surface area contributed by atoms with Gasteiger partial charge in [0.2, 0.25) is 5.79 Å². The number of hydrogen-bond donors (Lipinski definition) is 1. The first kappa shape index (κ1) is 36.0. The van der Waals surface area contributed by atoms with E-state index in [1.54, 1.807) is 0 Å². The summed E-state index contributed by atoms with van der Waals surface area (Å²) >= 11 is 0. The third kappa shape index (κ3) is 7.41. The van der Waals surface area contributed by atoms with Crippen molar-refractivity contribution < 1.29 is 32.8 Å². The number of benzene rings is 2. The molecule has 272 valence electrons. The predicted molar refractivity (Wildman–Crippen MR) is 192 cm³/mol. The summed E-state index contributed by atoms with van der Waals surface area (Å²) in [6.07, 6.45) is 1.86. The van der Waals surface area contributed by atoms with Crippen molar-refractivity contribution in [3.63, 3.8) is 0 Å². The lowest BCUT2D eigenvalue weighted by Crippen LogP contribution is -2.48. The van der Waals surface area contributed by atoms with Crippen molar-refractivity contribution >= 4 is 8.32 Å². The summed E-state index contributed by atoms with van der Waals surface area (Å²) in [7, 11) is -1.99. The number of fused-ring (bicyclic) bond motifs is 3. The van der Waals surface area contributed by atoms with Crippen LogP contribution in [0.3, 0.4) is 0 Å². The molecule has 0 aliphatic carbocycles. The summed E-state index contributed by atoms with van der Waals surface area (Å²) < 4.78 is 48.0. The number of nitrogens with one attached hydrogen (secondary N) is 1. The standard InChI is InChI=1S/C39H55N3O7Si/c1-37(2,3)50(6,7)47-24-32-34-35(49-38(4,5)48-34)33(40-32)30-21-42(27-44-23-29-16-12-9-13-17-29)36-31(30)20-41(25-39(36)45-18-19-46-39)26-43-22-28-14-10-8-11-15-28/h8-17,21,32-35,40H,18-20,22-27H2,1-7H3. The molecule has 0 saturated carbocycles. The van der Waals surface area contributed by atoms with Gasteiger partial charge in [0.1, 0.15) is 18.9 Å². The highest BCUT2D eigenvalue weighted by atomic mass is 28.4. The van der Waals surface area contributed by atoms with Crippen LogP contribution in [0.4, 0.5) is 0 Å². The molecule has 5 heterocycles. The zero-order chi connectivity index (χ0) is 35.1. The fourth-order valence-electron chi connectivity index (χ4n) is 7.46. The molecule has 4 aliphatic heterocycles. The van der Waals surface area contributed by atoms with Gasteiger partial charge in [-0.25, -0.2) is 0 Å². The second-order valence-corrected chi connectivity index (χ2v) is 20.9. The molecule has 0 radical (unpaired) electrons. The average molecular weight is 706 g/mol. The smallest absolute Gasteiger partial charge is 0.224 e. The summed E-state index contributed by atoms with van der Waals surface area (Å²) in [5, 5.41) is 4.04. The first-order chi connectivity index (χ1) is 23.8. The van der Waals surface area contributed by atoms with Gasteiger partial charge in [-0.3, -0.25) is 4.90 Å². The van der Waals surface area contributed by atoms with E-state index in [4.69, 9.17) is 32.8 Å². The Balaban J connectivity index is 1.20. The molecule has 3 aromatic rings. The van der Waals surface area contributed by atoms with Crippen molar-refractivity contribution in [1.82, 2.24) is 14.8 Å². The Morgan fingerprint density at radius 3 is 2.08 bits per heavy atom. The normalized spacial score (nSPS) is 26.1. The Morgan fingerprint density at radius 2 is 1.46 bits per heavy atom. The zero-order valence-corrected chi connectivity index (χ0v) is 31.8. The van der Waals surface area contributed by atoms with Gasteiger partial charge in [-0.15, -0.1) is 0 Å². The lowest BCUT2D eigenvalue weighted by Gasteiger charge is -2.40. The van der Waals surface area contributed by atoms with Crippen LogP contribution < -0.4 is 5.32 Å². The number of aromatic nitrogens is 1. The highest BCUT2D eigenvalue weighted by Crippen LogP contribution is 2.48. The maximum atomic E-state index is 6.78. The average Bonchev–Trinajstić information content (AvgIpc) is 3.83. The SMILES string of the molecule is CC1(C)OC2C(CO[Si](C)(C)C(C)(C)C)NC(c3cn(COCc4ccccc4)c4c3CN(COCc3ccccc3)CC43OCCO3)C2O1. The summed E-state index contributed by atoms with van der Waals surface area (Å²) in [4.78, 5) is 2.29. The second kappa shape index (κ2) is 14.2. The van der Waals surface area contributed by atoms with Crippen LogP contribution >= 0.6 is 0 Å². The lowest BCUT2D eigenvalue weighted by atomic mass is 9.94. The molecule has 1 aromatic heterocycles. The molecule has 0 bridgehead atoms. The van der Waals surface area contributed by atoms with Gasteiger partial charge < -0.3 is 42.7 Å². The van der Waals surface area contributed by atoms with Gasteiger partial charge in [0.25, 0.3) is 0 Å². The van der Waals surface area contributed by atoms with Gasteiger partial charge in [-0.2, -0.15) is 0 Å². The molecule has 4 aliphatic rings. The van der Waals surface area contributed by atoms with Crippen molar-refractivity contribution in [2.45, 2.75) is 115 Å². The topological polar surface area (TPSA) is 84.8 Å². The van der Waals surface area contributed by atoms with Gasteiger partial charge in [0.15, 0.2) is 14.1 Å². The van der Waals surface area contributed by atoms with E-state index in [0.717, 1.165) is 27.9 Å². The quantitative estimate of drug-likeness (QED) is 0.215. The number of ether oxygens (including phenoxy) is 6. The van der Waals surface area contributed by atoms with Gasteiger partial charge in [0.05, 0.1) is 64.1 Å². The monoisotopic (exact) mass is 705 g/mol. The van der Waals surface area contributed by atoms with Crippen LogP contribution in [-0.2, 0) is 65.1 Å². The highest BCUT2D eigenvalue weighted by Gasteiger charge is 2.57. The van der Waals surface area contributed by atoms with Crippen LogP contribution in [0.15, 0.2) is 66.9 Å². The first-order valence-electron chi connectivity index (χ1n) is 18.1. The molecule has 11 heteroatoms. The van der Waals surface area contributed by atoms with Crippen LogP contribution in [0, 0.1) is 0 Å². The Morgan fingerprint density at radius 1 is 0.860 bits per heavy atom. The third-order valence-corrected chi connectivity index (χ3v) is 15.4. The third-order valence-electron chi connectivity index (χ3n) is 10.9. The highest BCUT2D eigenvalue weighted by molar-refractivity contribution is 6.74. The Hall–Kier alpha value is -2.42. The molecule has 1 spiro atoms.